The van der Waals surface area contributed by atoms with E-state index >= 15 is 0 Å². The first kappa shape index (κ1) is 12.0. The predicted molar refractivity (Wildman–Crippen MR) is 67.7 cm³/mol. The molecule has 1 N–H and O–H groups in total. The Morgan fingerprint density at radius 1 is 1.06 bits per heavy atom. The zero-order valence-electron chi connectivity index (χ0n) is 11.2. The van der Waals surface area contributed by atoms with Crippen molar-refractivity contribution in [3.8, 4) is 0 Å². The maximum absolute atomic E-state index is 10.5. The van der Waals surface area contributed by atoms with E-state index < -0.39 is 0 Å². The molecule has 0 heterocycles. The quantitative estimate of drug-likeness (QED) is 0.816. The van der Waals surface area contributed by atoms with Crippen molar-refractivity contribution in [1.82, 2.24) is 0 Å². The van der Waals surface area contributed by atoms with E-state index in [0.29, 0.717) is 6.61 Å². The summed E-state index contributed by atoms with van der Waals surface area (Å²) in [5.41, 5.74) is 0.226. The minimum absolute atomic E-state index is 0.224. The van der Waals surface area contributed by atoms with Gasteiger partial charge in [0.2, 0.25) is 0 Å². The summed E-state index contributed by atoms with van der Waals surface area (Å²) in [6, 6.07) is 0. The summed E-state index contributed by atoms with van der Waals surface area (Å²) < 4.78 is 5.64. The Morgan fingerprint density at radius 3 is 1.94 bits per heavy atom. The fraction of sp³-hybridized carbons (Fsp3) is 1.00. The number of hydrogen-bond donors (Lipinski definition) is 1. The van der Waals surface area contributed by atoms with Gasteiger partial charge in [0.15, 0.2) is 0 Å². The van der Waals surface area contributed by atoms with Gasteiger partial charge in [-0.25, -0.2) is 0 Å². The largest absolute Gasteiger partial charge is 0.390 e. The van der Waals surface area contributed by atoms with Crippen LogP contribution in [0.1, 0.15) is 52.4 Å². The highest BCUT2D eigenvalue weighted by Gasteiger charge is 2.53. The molecular weight excluding hydrogens is 212 g/mol. The zero-order chi connectivity index (χ0) is 12.0. The van der Waals surface area contributed by atoms with Gasteiger partial charge in [0.1, 0.15) is 0 Å². The third kappa shape index (κ3) is 2.15. The number of aliphatic hydroxyl groups is 1. The predicted octanol–water partition coefficient (Wildman–Crippen LogP) is 2.99. The van der Waals surface area contributed by atoms with Crippen LogP contribution < -0.4 is 0 Å². The van der Waals surface area contributed by atoms with Gasteiger partial charge in [0.25, 0.3) is 0 Å². The van der Waals surface area contributed by atoms with Crippen LogP contribution in [0.25, 0.3) is 0 Å². The molecule has 2 nitrogen and oxygen atoms in total. The topological polar surface area (TPSA) is 29.5 Å². The second-order valence-electron chi connectivity index (χ2n) is 7.18. The van der Waals surface area contributed by atoms with E-state index in [9.17, 15) is 5.11 Å². The SMILES string of the molecule is CC(C)OCC(O)C12CC3CC(CC(C3)C1)C2. The first-order valence-electron chi connectivity index (χ1n) is 7.37. The van der Waals surface area contributed by atoms with Gasteiger partial charge in [0.05, 0.1) is 18.8 Å². The minimum Gasteiger partial charge on any atom is -0.390 e. The van der Waals surface area contributed by atoms with Gasteiger partial charge in [-0.1, -0.05) is 0 Å². The Bertz CT molecular complexity index is 249. The number of hydrogen-bond acceptors (Lipinski definition) is 2. The van der Waals surface area contributed by atoms with Crippen LogP contribution in [0.2, 0.25) is 0 Å². The average Bonchev–Trinajstić information content (AvgIpc) is 2.23. The summed E-state index contributed by atoms with van der Waals surface area (Å²) in [5, 5.41) is 10.5. The van der Waals surface area contributed by atoms with Crippen molar-refractivity contribution in [3.63, 3.8) is 0 Å². The second-order valence-corrected chi connectivity index (χ2v) is 7.18. The molecule has 4 rings (SSSR count). The minimum atomic E-state index is -0.224. The van der Waals surface area contributed by atoms with E-state index in [2.05, 4.69) is 0 Å². The van der Waals surface area contributed by atoms with E-state index in [1.807, 2.05) is 13.8 Å². The van der Waals surface area contributed by atoms with Crippen LogP contribution in [-0.2, 0) is 4.74 Å². The van der Waals surface area contributed by atoms with Crippen LogP contribution in [0.3, 0.4) is 0 Å². The molecule has 0 aromatic rings. The molecule has 0 spiro atoms. The molecule has 4 aliphatic carbocycles. The van der Waals surface area contributed by atoms with Crippen LogP contribution in [0, 0.1) is 23.2 Å². The second kappa shape index (κ2) is 4.24. The molecule has 17 heavy (non-hydrogen) atoms. The molecule has 0 aromatic heterocycles. The highest BCUT2D eigenvalue weighted by Crippen LogP contribution is 2.61. The Hall–Kier alpha value is -0.0800. The molecule has 4 bridgehead atoms. The van der Waals surface area contributed by atoms with E-state index in [1.165, 1.54) is 38.5 Å². The van der Waals surface area contributed by atoms with E-state index in [4.69, 9.17) is 4.74 Å². The fourth-order valence-corrected chi connectivity index (χ4v) is 5.05. The standard InChI is InChI=1S/C15H26O2/c1-10(2)17-9-14(16)15-6-11-3-12(7-15)5-13(4-11)8-15/h10-14,16H,3-9H2,1-2H3. The third-order valence-corrected chi connectivity index (χ3v) is 5.38. The van der Waals surface area contributed by atoms with Crippen molar-refractivity contribution in [1.29, 1.82) is 0 Å². The lowest BCUT2D eigenvalue weighted by molar-refractivity contribution is -0.144. The molecule has 0 aliphatic heterocycles. The molecular formula is C15H26O2. The maximum Gasteiger partial charge on any atom is 0.0830 e. The first-order valence-corrected chi connectivity index (χ1v) is 7.37. The highest BCUT2D eigenvalue weighted by atomic mass is 16.5. The lowest BCUT2D eigenvalue weighted by atomic mass is 9.48. The summed E-state index contributed by atoms with van der Waals surface area (Å²) in [6.45, 7) is 4.64. The monoisotopic (exact) mass is 238 g/mol. The Kier molecular flexibility index (Phi) is 2.99. The van der Waals surface area contributed by atoms with Crippen LogP contribution >= 0.6 is 0 Å². The van der Waals surface area contributed by atoms with Crippen molar-refractivity contribution < 1.29 is 9.84 Å². The van der Waals surface area contributed by atoms with Gasteiger partial charge < -0.3 is 9.84 Å². The molecule has 1 unspecified atom stereocenters. The molecule has 4 saturated carbocycles. The maximum atomic E-state index is 10.5. The summed E-state index contributed by atoms with van der Waals surface area (Å²) in [4.78, 5) is 0. The summed E-state index contributed by atoms with van der Waals surface area (Å²) in [5.74, 6) is 2.74. The van der Waals surface area contributed by atoms with Crippen molar-refractivity contribution in [2.75, 3.05) is 6.61 Å². The number of rotatable bonds is 4. The molecule has 4 aliphatic rings. The zero-order valence-corrected chi connectivity index (χ0v) is 11.2. The van der Waals surface area contributed by atoms with E-state index in [0.717, 1.165) is 17.8 Å². The van der Waals surface area contributed by atoms with Crippen LogP contribution in [0.4, 0.5) is 0 Å². The van der Waals surface area contributed by atoms with Crippen molar-refractivity contribution >= 4 is 0 Å². The van der Waals surface area contributed by atoms with Crippen molar-refractivity contribution in [2.45, 2.75) is 64.6 Å². The number of aliphatic hydroxyl groups excluding tert-OH is 1. The van der Waals surface area contributed by atoms with E-state index in [-0.39, 0.29) is 17.6 Å². The molecule has 2 heteroatoms. The smallest absolute Gasteiger partial charge is 0.0830 e. The Balaban J connectivity index is 1.68. The van der Waals surface area contributed by atoms with Gasteiger partial charge in [-0.3, -0.25) is 0 Å². The summed E-state index contributed by atoms with van der Waals surface area (Å²) >= 11 is 0. The Morgan fingerprint density at radius 2 is 1.53 bits per heavy atom. The van der Waals surface area contributed by atoms with Crippen molar-refractivity contribution in [2.24, 2.45) is 23.2 Å². The summed E-state index contributed by atoms with van der Waals surface area (Å²) in [7, 11) is 0. The van der Waals surface area contributed by atoms with Crippen LogP contribution in [0.15, 0.2) is 0 Å². The molecule has 0 radical (unpaired) electrons. The lowest BCUT2D eigenvalue weighted by Gasteiger charge is -2.58. The summed E-state index contributed by atoms with van der Waals surface area (Å²) in [6.07, 6.45) is 8.13. The third-order valence-electron chi connectivity index (χ3n) is 5.38. The lowest BCUT2D eigenvalue weighted by Crippen LogP contribution is -2.53. The van der Waals surface area contributed by atoms with Gasteiger partial charge in [-0.05, 0) is 75.5 Å². The highest BCUT2D eigenvalue weighted by molar-refractivity contribution is 5.04. The number of ether oxygens (including phenoxy) is 1. The normalized spacial score (nSPS) is 45.5. The first-order chi connectivity index (χ1) is 8.07. The molecule has 0 aromatic carbocycles. The van der Waals surface area contributed by atoms with Gasteiger partial charge in [-0.2, -0.15) is 0 Å². The Labute approximate surface area is 105 Å². The fourth-order valence-electron chi connectivity index (χ4n) is 5.05. The molecule has 1 atom stereocenters. The van der Waals surface area contributed by atoms with Gasteiger partial charge in [0, 0.05) is 0 Å². The van der Waals surface area contributed by atoms with Gasteiger partial charge >= 0.3 is 0 Å². The molecule has 0 saturated heterocycles. The molecule has 98 valence electrons. The van der Waals surface area contributed by atoms with E-state index in [1.54, 1.807) is 0 Å². The van der Waals surface area contributed by atoms with Crippen LogP contribution in [0.5, 0.6) is 0 Å². The molecule has 0 amide bonds. The van der Waals surface area contributed by atoms with Crippen molar-refractivity contribution in [3.05, 3.63) is 0 Å². The van der Waals surface area contributed by atoms with Crippen LogP contribution in [-0.4, -0.2) is 23.9 Å². The molecule has 4 fully saturated rings. The van der Waals surface area contributed by atoms with Gasteiger partial charge in [-0.15, -0.1) is 0 Å². The average molecular weight is 238 g/mol.